The minimum Gasteiger partial charge on any atom is -0.382 e. The van der Waals surface area contributed by atoms with E-state index >= 15 is 0 Å². The van der Waals surface area contributed by atoms with Gasteiger partial charge < -0.3 is 9.47 Å². The summed E-state index contributed by atoms with van der Waals surface area (Å²) in [6, 6.07) is 0. The Morgan fingerprint density at radius 3 is 2.71 bits per heavy atom. The molecule has 82 valence electrons. The van der Waals surface area contributed by atoms with E-state index in [9.17, 15) is 0 Å². The molecular formula is C8H13Cl2NO2S. The van der Waals surface area contributed by atoms with Crippen LogP contribution in [0.3, 0.4) is 0 Å². The number of hydrogen-bond donors (Lipinski definition) is 0. The molecule has 0 N–H and O–H groups in total. The van der Waals surface area contributed by atoms with Gasteiger partial charge in [0.25, 0.3) is 0 Å². The molecule has 1 heterocycles. The Hall–Kier alpha value is 0.550. The lowest BCUT2D eigenvalue weighted by Crippen LogP contribution is -2.19. The fourth-order valence-electron chi connectivity index (χ4n) is 0.948. The Morgan fingerprint density at radius 2 is 2.14 bits per heavy atom. The number of nitrogens with zero attached hydrogens (tertiary/aromatic N) is 1. The molecule has 3 nitrogen and oxygen atoms in total. The number of methoxy groups -OCH3 is 1. The predicted molar refractivity (Wildman–Crippen MR) is 60.6 cm³/mol. The molecule has 0 aliphatic carbocycles. The summed E-state index contributed by atoms with van der Waals surface area (Å²) in [6.07, 6.45) is 0. The molecule has 0 aromatic carbocycles. The molecule has 0 unspecified atom stereocenters. The molecule has 1 rings (SSSR count). The van der Waals surface area contributed by atoms with E-state index in [-0.39, 0.29) is 0 Å². The van der Waals surface area contributed by atoms with Crippen LogP contribution in [-0.4, -0.2) is 44.3 Å². The summed E-state index contributed by atoms with van der Waals surface area (Å²) < 4.78 is 12.9. The summed E-state index contributed by atoms with van der Waals surface area (Å²) in [5.41, 5.74) is 0. The van der Waals surface area contributed by atoms with Crippen molar-refractivity contribution in [3.8, 4) is 0 Å². The number of halogens is 2. The third-order valence-electron chi connectivity index (χ3n) is 1.65. The van der Waals surface area contributed by atoms with Crippen LogP contribution < -0.4 is 0 Å². The fraction of sp³-hybridized carbons (Fsp3) is 0.750. The van der Waals surface area contributed by atoms with Crippen LogP contribution in [0, 0.1) is 0 Å². The van der Waals surface area contributed by atoms with Gasteiger partial charge in [0.05, 0.1) is 24.9 Å². The van der Waals surface area contributed by atoms with Gasteiger partial charge in [0.2, 0.25) is 0 Å². The van der Waals surface area contributed by atoms with Crippen molar-refractivity contribution >= 4 is 35.1 Å². The lowest BCUT2D eigenvalue weighted by molar-refractivity contribution is 0.0674. The molecule has 0 bridgehead atoms. The number of hydrogen-bond acceptors (Lipinski definition) is 4. The standard InChI is InChI=1S/C8H13Cl2NO2S/c1-12-4-5-13-3-2-11-6-7(9)8(10)14-11/h2-6H2,1H3. The average molecular weight is 258 g/mol. The third kappa shape index (κ3) is 4.38. The largest absolute Gasteiger partial charge is 0.382 e. The van der Waals surface area contributed by atoms with E-state index in [2.05, 4.69) is 4.31 Å². The van der Waals surface area contributed by atoms with Gasteiger partial charge in [-0.25, -0.2) is 4.31 Å². The maximum Gasteiger partial charge on any atom is 0.105 e. The molecule has 6 heteroatoms. The lowest BCUT2D eigenvalue weighted by Gasteiger charge is -2.13. The molecule has 0 amide bonds. The second-order valence-electron chi connectivity index (χ2n) is 2.74. The van der Waals surface area contributed by atoms with Crippen LogP contribution in [0.5, 0.6) is 0 Å². The third-order valence-corrected chi connectivity index (χ3v) is 3.58. The molecule has 0 aromatic rings. The van der Waals surface area contributed by atoms with Crippen molar-refractivity contribution in [1.82, 2.24) is 4.31 Å². The van der Waals surface area contributed by atoms with Crippen LogP contribution >= 0.6 is 35.1 Å². The van der Waals surface area contributed by atoms with Crippen LogP contribution in [0.2, 0.25) is 0 Å². The highest BCUT2D eigenvalue weighted by molar-refractivity contribution is 8.02. The number of ether oxygens (including phenoxy) is 2. The van der Waals surface area contributed by atoms with Crippen molar-refractivity contribution in [2.24, 2.45) is 0 Å². The summed E-state index contributed by atoms with van der Waals surface area (Å²) >= 11 is 13.1. The van der Waals surface area contributed by atoms with Gasteiger partial charge in [0.1, 0.15) is 4.36 Å². The summed E-state index contributed by atoms with van der Waals surface area (Å²) in [6.45, 7) is 3.46. The van der Waals surface area contributed by atoms with Gasteiger partial charge >= 0.3 is 0 Å². The summed E-state index contributed by atoms with van der Waals surface area (Å²) in [5, 5.41) is 0.716. The van der Waals surface area contributed by atoms with Crippen LogP contribution in [0.4, 0.5) is 0 Å². The molecular weight excluding hydrogens is 245 g/mol. The van der Waals surface area contributed by atoms with Crippen molar-refractivity contribution in [1.29, 1.82) is 0 Å². The van der Waals surface area contributed by atoms with Gasteiger partial charge in [-0.05, 0) is 11.9 Å². The van der Waals surface area contributed by atoms with E-state index in [1.165, 1.54) is 11.9 Å². The molecule has 0 aromatic heterocycles. The Bertz CT molecular complexity index is 200. The first-order valence-corrected chi connectivity index (χ1v) is 5.80. The van der Waals surface area contributed by atoms with E-state index in [0.29, 0.717) is 35.8 Å². The second kappa shape index (κ2) is 6.93. The molecule has 0 atom stereocenters. The van der Waals surface area contributed by atoms with Crippen molar-refractivity contribution in [2.75, 3.05) is 40.0 Å². The zero-order valence-corrected chi connectivity index (χ0v) is 10.3. The Kier molecular flexibility index (Phi) is 6.25. The van der Waals surface area contributed by atoms with Crippen LogP contribution in [0.25, 0.3) is 0 Å². The zero-order chi connectivity index (χ0) is 10.4. The summed E-state index contributed by atoms with van der Waals surface area (Å²) in [4.78, 5) is 0. The van der Waals surface area contributed by atoms with Gasteiger partial charge in [0, 0.05) is 20.2 Å². The van der Waals surface area contributed by atoms with Gasteiger partial charge in [-0.3, -0.25) is 0 Å². The van der Waals surface area contributed by atoms with E-state index < -0.39 is 0 Å². The molecule has 1 aliphatic rings. The minimum atomic E-state index is 0.629. The number of rotatable bonds is 6. The van der Waals surface area contributed by atoms with Crippen molar-refractivity contribution in [3.05, 3.63) is 9.40 Å². The molecule has 0 fully saturated rings. The first kappa shape index (κ1) is 12.6. The van der Waals surface area contributed by atoms with Crippen LogP contribution in [0.15, 0.2) is 9.40 Å². The summed E-state index contributed by atoms with van der Waals surface area (Å²) in [5.74, 6) is 0. The molecule has 0 radical (unpaired) electrons. The van der Waals surface area contributed by atoms with Crippen molar-refractivity contribution in [3.63, 3.8) is 0 Å². The smallest absolute Gasteiger partial charge is 0.105 e. The van der Waals surface area contributed by atoms with E-state index in [4.69, 9.17) is 32.7 Å². The summed E-state index contributed by atoms with van der Waals surface area (Å²) in [7, 11) is 1.66. The van der Waals surface area contributed by atoms with Gasteiger partial charge in [0.15, 0.2) is 0 Å². The monoisotopic (exact) mass is 257 g/mol. The average Bonchev–Trinajstić information content (AvgIpc) is 2.46. The zero-order valence-electron chi connectivity index (χ0n) is 7.96. The highest BCUT2D eigenvalue weighted by Gasteiger charge is 2.19. The van der Waals surface area contributed by atoms with Gasteiger partial charge in [-0.15, -0.1) is 0 Å². The van der Waals surface area contributed by atoms with Crippen LogP contribution in [0.1, 0.15) is 0 Å². The maximum absolute atomic E-state index is 5.84. The second-order valence-corrected chi connectivity index (χ2v) is 4.90. The van der Waals surface area contributed by atoms with Crippen molar-refractivity contribution < 1.29 is 9.47 Å². The maximum atomic E-state index is 5.84. The fourth-order valence-corrected chi connectivity index (χ4v) is 2.37. The van der Waals surface area contributed by atoms with Crippen molar-refractivity contribution in [2.45, 2.75) is 0 Å². The first-order valence-electron chi connectivity index (χ1n) is 4.27. The predicted octanol–water partition coefficient (Wildman–Crippen LogP) is 2.26. The van der Waals surface area contributed by atoms with E-state index in [0.717, 1.165) is 6.54 Å². The normalized spacial score (nSPS) is 18.2. The topological polar surface area (TPSA) is 21.7 Å². The van der Waals surface area contributed by atoms with E-state index in [1.807, 2.05) is 0 Å². The molecule has 14 heavy (non-hydrogen) atoms. The SMILES string of the molecule is COCCOCCN1CC(Cl)=C(Cl)S1. The molecule has 0 saturated heterocycles. The Balaban J connectivity index is 2.00. The lowest BCUT2D eigenvalue weighted by atomic mass is 10.5. The van der Waals surface area contributed by atoms with Crippen LogP contribution in [-0.2, 0) is 9.47 Å². The minimum absolute atomic E-state index is 0.629. The molecule has 1 aliphatic heterocycles. The Labute approximate surface area is 98.5 Å². The molecule has 0 saturated carbocycles. The molecule has 0 spiro atoms. The quantitative estimate of drug-likeness (QED) is 0.538. The first-order chi connectivity index (χ1) is 6.74. The van der Waals surface area contributed by atoms with Gasteiger partial charge in [-0.2, -0.15) is 0 Å². The highest BCUT2D eigenvalue weighted by Crippen LogP contribution is 2.36. The van der Waals surface area contributed by atoms with E-state index in [1.54, 1.807) is 7.11 Å². The highest BCUT2D eigenvalue weighted by atomic mass is 35.5. The van der Waals surface area contributed by atoms with Gasteiger partial charge in [-0.1, -0.05) is 23.2 Å². The Morgan fingerprint density at radius 1 is 1.36 bits per heavy atom.